The van der Waals surface area contributed by atoms with Crippen molar-refractivity contribution in [1.29, 1.82) is 0 Å². The fraction of sp³-hybridized carbons (Fsp3) is 0.944. The molecule has 3 saturated heterocycles. The first kappa shape index (κ1) is 16.3. The molecule has 126 valence electrons. The number of rotatable bonds is 4. The molecule has 0 aliphatic carbocycles. The van der Waals surface area contributed by atoms with E-state index >= 15 is 0 Å². The topological polar surface area (TPSA) is 44.4 Å². The van der Waals surface area contributed by atoms with Crippen LogP contribution in [0.25, 0.3) is 0 Å². The molecule has 3 unspecified atom stereocenters. The normalized spacial score (nSPS) is 35.1. The van der Waals surface area contributed by atoms with E-state index in [0.29, 0.717) is 36.4 Å². The average Bonchev–Trinajstić information content (AvgIpc) is 2.49. The van der Waals surface area contributed by atoms with Crippen molar-refractivity contribution in [2.45, 2.75) is 76.4 Å². The van der Waals surface area contributed by atoms with Crippen LogP contribution in [0.4, 0.5) is 0 Å². The van der Waals surface area contributed by atoms with Gasteiger partial charge in [0.05, 0.1) is 0 Å². The predicted octanol–water partition coefficient (Wildman–Crippen LogP) is 2.14. The first-order valence-corrected chi connectivity index (χ1v) is 9.35. The number of carbonyl (C=O) groups excluding carboxylic acids is 1. The van der Waals surface area contributed by atoms with Crippen LogP contribution < -0.4 is 10.6 Å². The number of hydrogen-bond donors (Lipinski definition) is 2. The summed E-state index contributed by atoms with van der Waals surface area (Å²) in [4.78, 5) is 15.0. The summed E-state index contributed by atoms with van der Waals surface area (Å²) in [6, 6.07) is 1.80. The van der Waals surface area contributed by atoms with Crippen LogP contribution in [0, 0.1) is 11.8 Å². The Morgan fingerprint density at radius 2 is 1.82 bits per heavy atom. The molecule has 0 saturated carbocycles. The molecule has 0 aromatic heterocycles. The van der Waals surface area contributed by atoms with Gasteiger partial charge in [-0.1, -0.05) is 13.3 Å². The molecule has 0 radical (unpaired) electrons. The number of nitrogens with zero attached hydrogens (tertiary/aromatic N) is 1. The number of fused-ring (bicyclic) bond motifs is 2. The molecule has 2 bridgehead atoms. The minimum Gasteiger partial charge on any atom is -0.353 e. The lowest BCUT2D eigenvalue weighted by Crippen LogP contribution is -2.55. The van der Waals surface area contributed by atoms with E-state index in [1.54, 1.807) is 0 Å². The summed E-state index contributed by atoms with van der Waals surface area (Å²) in [6.45, 7) is 4.50. The number of hydrogen-bond acceptors (Lipinski definition) is 3. The van der Waals surface area contributed by atoms with Gasteiger partial charge in [-0.25, -0.2) is 0 Å². The molecule has 3 fully saturated rings. The molecule has 0 aromatic rings. The summed E-state index contributed by atoms with van der Waals surface area (Å²) in [5.74, 6) is 1.54. The summed E-state index contributed by atoms with van der Waals surface area (Å²) in [5.41, 5.74) is 0. The zero-order chi connectivity index (χ0) is 15.5. The molecule has 3 heterocycles. The fourth-order valence-electron chi connectivity index (χ4n) is 4.89. The van der Waals surface area contributed by atoms with Gasteiger partial charge in [-0.15, -0.1) is 0 Å². The summed E-state index contributed by atoms with van der Waals surface area (Å²) >= 11 is 0. The van der Waals surface area contributed by atoms with Gasteiger partial charge in [-0.2, -0.15) is 0 Å². The molecule has 3 aliphatic heterocycles. The van der Waals surface area contributed by atoms with E-state index in [1.807, 2.05) is 0 Å². The van der Waals surface area contributed by atoms with Crippen LogP contribution in [-0.2, 0) is 4.79 Å². The Hall–Kier alpha value is -0.610. The van der Waals surface area contributed by atoms with Gasteiger partial charge in [0.15, 0.2) is 0 Å². The van der Waals surface area contributed by atoms with E-state index in [2.05, 4.69) is 29.5 Å². The molecule has 2 N–H and O–H groups in total. The minimum absolute atomic E-state index is 0.290. The molecule has 3 rings (SSSR count). The zero-order valence-electron chi connectivity index (χ0n) is 14.3. The fourth-order valence-corrected chi connectivity index (χ4v) is 4.89. The van der Waals surface area contributed by atoms with Crippen LogP contribution in [0.5, 0.6) is 0 Å². The van der Waals surface area contributed by atoms with Crippen molar-refractivity contribution in [1.82, 2.24) is 15.5 Å². The van der Waals surface area contributed by atoms with Crippen molar-refractivity contribution < 1.29 is 4.79 Å². The third-order valence-corrected chi connectivity index (χ3v) is 6.40. The Kier molecular flexibility index (Phi) is 5.40. The lowest BCUT2D eigenvalue weighted by molar-refractivity contribution is -0.123. The largest absolute Gasteiger partial charge is 0.353 e. The van der Waals surface area contributed by atoms with Gasteiger partial charge in [0.1, 0.15) is 0 Å². The van der Waals surface area contributed by atoms with Gasteiger partial charge in [-0.3, -0.25) is 4.79 Å². The lowest BCUT2D eigenvalue weighted by atomic mass is 9.81. The van der Waals surface area contributed by atoms with Crippen LogP contribution in [-0.4, -0.2) is 49.1 Å². The summed E-state index contributed by atoms with van der Waals surface area (Å²) in [7, 11) is 2.27. The lowest BCUT2D eigenvalue weighted by Gasteiger charge is -2.47. The third kappa shape index (κ3) is 3.83. The van der Waals surface area contributed by atoms with Crippen LogP contribution in [0.3, 0.4) is 0 Å². The van der Waals surface area contributed by atoms with Gasteiger partial charge < -0.3 is 15.5 Å². The highest BCUT2D eigenvalue weighted by atomic mass is 16.1. The summed E-state index contributed by atoms with van der Waals surface area (Å²) < 4.78 is 0. The van der Waals surface area contributed by atoms with Crippen LogP contribution in [0.2, 0.25) is 0 Å². The van der Waals surface area contributed by atoms with Crippen molar-refractivity contribution in [3.05, 3.63) is 0 Å². The zero-order valence-corrected chi connectivity index (χ0v) is 14.3. The Bertz CT molecular complexity index is 367. The molecule has 4 heteroatoms. The highest BCUT2D eigenvalue weighted by Crippen LogP contribution is 2.33. The molecular weight excluding hydrogens is 274 g/mol. The maximum atomic E-state index is 12.4. The molecule has 1 amide bonds. The molecule has 0 spiro atoms. The quantitative estimate of drug-likeness (QED) is 0.836. The van der Waals surface area contributed by atoms with E-state index in [1.165, 1.54) is 32.1 Å². The van der Waals surface area contributed by atoms with E-state index in [4.69, 9.17) is 0 Å². The molecule has 3 aliphatic rings. The SMILES string of the molecule is CC(CC(=O)NC1CC2CCCC(C1)N2C)C1CCNCC1. The Morgan fingerprint density at radius 1 is 1.18 bits per heavy atom. The number of carbonyl (C=O) groups is 1. The Labute approximate surface area is 135 Å². The van der Waals surface area contributed by atoms with Crippen molar-refractivity contribution >= 4 is 5.91 Å². The smallest absolute Gasteiger partial charge is 0.220 e. The summed E-state index contributed by atoms with van der Waals surface area (Å²) in [6.07, 6.45) is 9.47. The Morgan fingerprint density at radius 3 is 2.45 bits per heavy atom. The molecule has 4 nitrogen and oxygen atoms in total. The van der Waals surface area contributed by atoms with Crippen molar-refractivity contribution in [3.8, 4) is 0 Å². The van der Waals surface area contributed by atoms with E-state index in [-0.39, 0.29) is 0 Å². The van der Waals surface area contributed by atoms with Crippen LogP contribution in [0.15, 0.2) is 0 Å². The monoisotopic (exact) mass is 307 g/mol. The van der Waals surface area contributed by atoms with Gasteiger partial charge >= 0.3 is 0 Å². The van der Waals surface area contributed by atoms with Crippen LogP contribution in [0.1, 0.15) is 58.3 Å². The molecule has 22 heavy (non-hydrogen) atoms. The number of amides is 1. The second-order valence-corrected chi connectivity index (χ2v) is 7.91. The Balaban J connectivity index is 1.45. The third-order valence-electron chi connectivity index (χ3n) is 6.40. The number of nitrogens with one attached hydrogen (secondary N) is 2. The summed E-state index contributed by atoms with van der Waals surface area (Å²) in [5, 5.41) is 6.77. The van der Waals surface area contributed by atoms with Gasteiger partial charge in [0.25, 0.3) is 0 Å². The van der Waals surface area contributed by atoms with Crippen molar-refractivity contribution in [3.63, 3.8) is 0 Å². The van der Waals surface area contributed by atoms with E-state index in [0.717, 1.165) is 31.8 Å². The van der Waals surface area contributed by atoms with Gasteiger partial charge in [0, 0.05) is 24.5 Å². The van der Waals surface area contributed by atoms with E-state index in [9.17, 15) is 4.79 Å². The number of piperidine rings is 3. The van der Waals surface area contributed by atoms with Gasteiger partial charge in [0.2, 0.25) is 5.91 Å². The maximum Gasteiger partial charge on any atom is 0.220 e. The molecule has 3 atom stereocenters. The molecular formula is C18H33N3O. The second kappa shape index (κ2) is 7.31. The van der Waals surface area contributed by atoms with Crippen molar-refractivity contribution in [2.24, 2.45) is 11.8 Å². The highest BCUT2D eigenvalue weighted by molar-refractivity contribution is 5.76. The molecule has 0 aromatic carbocycles. The second-order valence-electron chi connectivity index (χ2n) is 7.91. The van der Waals surface area contributed by atoms with Crippen molar-refractivity contribution in [2.75, 3.05) is 20.1 Å². The first-order valence-electron chi connectivity index (χ1n) is 9.35. The minimum atomic E-state index is 0.290. The average molecular weight is 307 g/mol. The van der Waals surface area contributed by atoms with Gasteiger partial charge in [-0.05, 0) is 70.5 Å². The first-order chi connectivity index (χ1) is 10.6. The maximum absolute atomic E-state index is 12.4. The van der Waals surface area contributed by atoms with E-state index < -0.39 is 0 Å². The standard InChI is InChI=1S/C18H33N3O/c1-13(14-6-8-19-9-7-14)10-18(22)20-15-11-16-4-3-5-17(12-15)21(16)2/h13-17,19H,3-12H2,1-2H3,(H,20,22). The predicted molar refractivity (Wildman–Crippen MR) is 89.7 cm³/mol. The highest BCUT2D eigenvalue weighted by Gasteiger charge is 2.36. The van der Waals surface area contributed by atoms with Crippen LogP contribution >= 0.6 is 0 Å².